The van der Waals surface area contributed by atoms with Crippen LogP contribution in [-0.2, 0) is 11.8 Å². The van der Waals surface area contributed by atoms with Crippen LogP contribution in [0.5, 0.6) is 0 Å². The van der Waals surface area contributed by atoms with Crippen molar-refractivity contribution < 1.29 is 19.1 Å². The van der Waals surface area contributed by atoms with Gasteiger partial charge < -0.3 is 14.2 Å². The fourth-order valence-corrected chi connectivity index (χ4v) is 3.79. The Kier molecular flexibility index (Phi) is 6.90. The molecule has 6 nitrogen and oxygen atoms in total. The fraction of sp³-hybridized carbons (Fsp3) is 0.409. The average molecular weight is 419 g/mol. The molecule has 0 radical (unpaired) electrons. The Morgan fingerprint density at radius 1 is 1.07 bits per heavy atom. The molecule has 1 amide bonds. The number of hydrogen-bond acceptors (Lipinski definition) is 4. The number of Topliss-reactive ketones (excluding diaryl/α,β-unsaturated/α-hetero) is 1. The van der Waals surface area contributed by atoms with Crippen molar-refractivity contribution in [1.82, 2.24) is 9.47 Å². The highest BCUT2D eigenvalue weighted by atomic mass is 35.5. The van der Waals surface area contributed by atoms with Crippen LogP contribution in [0.2, 0.25) is 5.02 Å². The van der Waals surface area contributed by atoms with Crippen LogP contribution < -0.4 is 0 Å². The van der Waals surface area contributed by atoms with Gasteiger partial charge in [-0.2, -0.15) is 0 Å². The number of hydrogen-bond donors (Lipinski definition) is 0. The van der Waals surface area contributed by atoms with E-state index in [4.69, 9.17) is 16.3 Å². The number of methoxy groups -OCH3 is 1. The van der Waals surface area contributed by atoms with Gasteiger partial charge in [0.05, 0.1) is 13.2 Å². The number of halogens is 1. The van der Waals surface area contributed by atoms with Gasteiger partial charge in [0.1, 0.15) is 5.69 Å². The molecule has 0 fully saturated rings. The second-order valence-electron chi connectivity index (χ2n) is 7.34. The number of aromatic nitrogens is 1. The van der Waals surface area contributed by atoms with Gasteiger partial charge in [0, 0.05) is 34.9 Å². The first-order valence-electron chi connectivity index (χ1n) is 9.39. The van der Waals surface area contributed by atoms with Crippen LogP contribution in [0.25, 0.3) is 0 Å². The number of ketones is 1. The maximum Gasteiger partial charge on any atom is 0.354 e. The smallest absolute Gasteiger partial charge is 0.354 e. The maximum absolute atomic E-state index is 13.4. The maximum atomic E-state index is 13.4. The normalized spacial score (nSPS) is 12.0. The molecular weight excluding hydrogens is 392 g/mol. The average Bonchev–Trinajstić information content (AvgIpc) is 2.89. The van der Waals surface area contributed by atoms with Gasteiger partial charge in [-0.3, -0.25) is 9.59 Å². The first-order chi connectivity index (χ1) is 13.5. The number of nitrogens with zero attached hydrogens (tertiary/aromatic N) is 2. The molecule has 1 heterocycles. The molecule has 0 bridgehead atoms. The van der Waals surface area contributed by atoms with E-state index in [1.54, 1.807) is 61.6 Å². The van der Waals surface area contributed by atoms with E-state index < -0.39 is 12.0 Å². The van der Waals surface area contributed by atoms with E-state index in [0.29, 0.717) is 33.1 Å². The minimum absolute atomic E-state index is 0.207. The lowest BCUT2D eigenvalue weighted by atomic mass is 9.98. The van der Waals surface area contributed by atoms with Crippen LogP contribution in [0, 0.1) is 13.8 Å². The summed E-state index contributed by atoms with van der Waals surface area (Å²) in [5.41, 5.74) is 2.44. The second-order valence-corrected chi connectivity index (χ2v) is 7.77. The molecule has 7 heteroatoms. The van der Waals surface area contributed by atoms with E-state index in [0.717, 1.165) is 0 Å². The van der Waals surface area contributed by atoms with E-state index in [-0.39, 0.29) is 17.7 Å². The molecule has 156 valence electrons. The Morgan fingerprint density at radius 3 is 2.10 bits per heavy atom. The molecular formula is C22H27ClN2O4. The topological polar surface area (TPSA) is 68.6 Å². The van der Waals surface area contributed by atoms with Crippen LogP contribution in [0.15, 0.2) is 24.3 Å². The van der Waals surface area contributed by atoms with Crippen molar-refractivity contribution >= 4 is 29.3 Å². The second kappa shape index (κ2) is 8.82. The third kappa shape index (κ3) is 4.22. The summed E-state index contributed by atoms with van der Waals surface area (Å²) in [5.74, 6) is -0.975. The first kappa shape index (κ1) is 22.7. The van der Waals surface area contributed by atoms with Gasteiger partial charge in [0.15, 0.2) is 5.78 Å². The number of rotatable bonds is 6. The number of esters is 1. The summed E-state index contributed by atoms with van der Waals surface area (Å²) in [6.45, 7) is 8.93. The molecule has 0 saturated carbocycles. The zero-order valence-electron chi connectivity index (χ0n) is 17.9. The van der Waals surface area contributed by atoms with E-state index in [9.17, 15) is 14.4 Å². The summed E-state index contributed by atoms with van der Waals surface area (Å²) in [6, 6.07) is 5.66. The summed E-state index contributed by atoms with van der Waals surface area (Å²) >= 11 is 5.92. The molecule has 2 aromatic rings. The van der Waals surface area contributed by atoms with E-state index in [1.807, 2.05) is 13.8 Å². The third-order valence-electron chi connectivity index (χ3n) is 5.23. The zero-order chi connectivity index (χ0) is 22.0. The van der Waals surface area contributed by atoms with Crippen LogP contribution >= 0.6 is 11.6 Å². The molecule has 29 heavy (non-hydrogen) atoms. The molecule has 0 N–H and O–H groups in total. The molecule has 0 aliphatic rings. The fourth-order valence-electron chi connectivity index (χ4n) is 3.66. The molecule has 0 aliphatic heterocycles. The summed E-state index contributed by atoms with van der Waals surface area (Å²) < 4.78 is 6.51. The number of carbonyl (C=O) groups excluding carboxylic acids is 3. The number of benzene rings is 1. The number of carbonyl (C=O) groups is 3. The molecule has 0 spiro atoms. The molecule has 0 saturated heterocycles. The Morgan fingerprint density at radius 2 is 1.62 bits per heavy atom. The van der Waals surface area contributed by atoms with Gasteiger partial charge >= 0.3 is 5.97 Å². The zero-order valence-corrected chi connectivity index (χ0v) is 18.6. The van der Waals surface area contributed by atoms with Crippen LogP contribution in [0.1, 0.15) is 63.2 Å². The third-order valence-corrected chi connectivity index (χ3v) is 5.49. The van der Waals surface area contributed by atoms with Crippen molar-refractivity contribution in [1.29, 1.82) is 0 Å². The van der Waals surface area contributed by atoms with E-state index in [1.165, 1.54) is 7.11 Å². The van der Waals surface area contributed by atoms with E-state index >= 15 is 0 Å². The summed E-state index contributed by atoms with van der Waals surface area (Å²) in [5, 5.41) is 0.535. The molecule has 1 aromatic carbocycles. The summed E-state index contributed by atoms with van der Waals surface area (Å²) in [6.07, 6.45) is 0. The monoisotopic (exact) mass is 418 g/mol. The van der Waals surface area contributed by atoms with Crippen molar-refractivity contribution in [3.63, 3.8) is 0 Å². The van der Waals surface area contributed by atoms with Crippen LogP contribution in [-0.4, -0.2) is 46.3 Å². The minimum Gasteiger partial charge on any atom is -0.464 e. The van der Waals surface area contributed by atoms with Crippen LogP contribution in [0.3, 0.4) is 0 Å². The predicted octanol–water partition coefficient (Wildman–Crippen LogP) is 4.20. The molecule has 1 aromatic heterocycles. The Bertz CT molecular complexity index is 945. The SMILES string of the molecule is COC(=O)c1c(C)c(C(=O)[C@@H](C)N(C(=O)c2ccc(Cl)cc2)C(C)C)c(C)n1C. The van der Waals surface area contributed by atoms with Gasteiger partial charge in [-0.05, 0) is 64.4 Å². The lowest BCUT2D eigenvalue weighted by molar-refractivity contribution is 0.0565. The standard InChI is InChI=1S/C22H27ClN2O4/c1-12(2)25(21(27)16-8-10-17(23)11-9-16)15(5)20(26)18-13(3)19(22(28)29-7)24(6)14(18)4/h8-12,15H,1-7H3/t15-/m1/s1. The lowest BCUT2D eigenvalue weighted by Crippen LogP contribution is -2.47. The van der Waals surface area contributed by atoms with Gasteiger partial charge in [0.25, 0.3) is 5.91 Å². The van der Waals surface area contributed by atoms with Gasteiger partial charge in [-0.15, -0.1) is 0 Å². The summed E-state index contributed by atoms with van der Waals surface area (Å²) in [7, 11) is 3.02. The van der Waals surface area contributed by atoms with Crippen molar-refractivity contribution in [3.05, 3.63) is 57.4 Å². The van der Waals surface area contributed by atoms with Gasteiger partial charge in [-0.1, -0.05) is 11.6 Å². The number of ether oxygens (including phenoxy) is 1. The van der Waals surface area contributed by atoms with Crippen LogP contribution in [0.4, 0.5) is 0 Å². The molecule has 2 rings (SSSR count). The Labute approximate surface area is 176 Å². The Hall–Kier alpha value is -2.60. The highest BCUT2D eigenvalue weighted by Gasteiger charge is 2.33. The van der Waals surface area contributed by atoms with E-state index in [2.05, 4.69) is 0 Å². The Balaban J connectivity index is 2.47. The number of amides is 1. The minimum atomic E-state index is -0.719. The van der Waals surface area contributed by atoms with Crippen molar-refractivity contribution in [2.24, 2.45) is 7.05 Å². The lowest BCUT2D eigenvalue weighted by Gasteiger charge is -2.32. The highest BCUT2D eigenvalue weighted by molar-refractivity contribution is 6.30. The highest BCUT2D eigenvalue weighted by Crippen LogP contribution is 2.26. The van der Waals surface area contributed by atoms with Crippen molar-refractivity contribution in [2.75, 3.05) is 7.11 Å². The summed E-state index contributed by atoms with van der Waals surface area (Å²) in [4.78, 5) is 40.2. The molecule has 0 unspecified atom stereocenters. The first-order valence-corrected chi connectivity index (χ1v) is 9.77. The largest absolute Gasteiger partial charge is 0.464 e. The van der Waals surface area contributed by atoms with Gasteiger partial charge in [0.2, 0.25) is 0 Å². The molecule has 1 atom stereocenters. The van der Waals surface area contributed by atoms with Gasteiger partial charge in [-0.25, -0.2) is 4.79 Å². The van der Waals surface area contributed by atoms with Crippen molar-refractivity contribution in [2.45, 2.75) is 46.7 Å². The van der Waals surface area contributed by atoms with Crippen molar-refractivity contribution in [3.8, 4) is 0 Å². The predicted molar refractivity (Wildman–Crippen MR) is 113 cm³/mol. The molecule has 0 aliphatic carbocycles. The quantitative estimate of drug-likeness (QED) is 0.520.